The smallest absolute Gasteiger partial charge is 0.191 e. The number of nitrogens with zero attached hydrogens (tertiary/aromatic N) is 2. The molecule has 33 heavy (non-hydrogen) atoms. The number of halogens is 1. The molecule has 0 bridgehead atoms. The number of nitrogens with one attached hydrogen (secondary N) is 2. The van der Waals surface area contributed by atoms with Crippen LogP contribution in [-0.4, -0.2) is 55.8 Å². The lowest BCUT2D eigenvalue weighted by molar-refractivity contribution is -0.00834. The van der Waals surface area contributed by atoms with Crippen molar-refractivity contribution < 1.29 is 9.47 Å². The van der Waals surface area contributed by atoms with Crippen molar-refractivity contribution in [2.75, 3.05) is 39.4 Å². The number of guanidine groups is 1. The topological polar surface area (TPSA) is 58.1 Å². The molecule has 0 saturated carbocycles. The zero-order valence-corrected chi connectivity index (χ0v) is 22.5. The van der Waals surface area contributed by atoms with Gasteiger partial charge in [-0.25, -0.2) is 4.99 Å². The van der Waals surface area contributed by atoms with Gasteiger partial charge in [-0.05, 0) is 37.5 Å². The first-order chi connectivity index (χ1) is 15.6. The normalized spacial score (nSPS) is 15.1. The number of rotatable bonds is 10. The van der Waals surface area contributed by atoms with E-state index in [-0.39, 0.29) is 29.5 Å². The summed E-state index contributed by atoms with van der Waals surface area (Å²) < 4.78 is 11.5. The van der Waals surface area contributed by atoms with Crippen LogP contribution in [0.3, 0.4) is 0 Å². The first-order valence-electron chi connectivity index (χ1n) is 11.6. The molecule has 1 fully saturated rings. The first-order valence-corrected chi connectivity index (χ1v) is 11.6. The summed E-state index contributed by atoms with van der Waals surface area (Å²) in [6.07, 6.45) is 0. The highest BCUT2D eigenvalue weighted by Gasteiger charge is 2.28. The van der Waals surface area contributed by atoms with Gasteiger partial charge in [0, 0.05) is 31.7 Å². The first kappa shape index (κ1) is 27.6. The van der Waals surface area contributed by atoms with Crippen LogP contribution in [0.25, 0.3) is 0 Å². The number of benzene rings is 2. The summed E-state index contributed by atoms with van der Waals surface area (Å²) in [5.41, 5.74) is 3.58. The maximum Gasteiger partial charge on any atom is 0.191 e. The summed E-state index contributed by atoms with van der Waals surface area (Å²) in [6.45, 7) is 13.6. The standard InChI is InChI=1S/C26H38N4O2.HI/c1-4-27-25(29-21-26(2,3)30-14-16-31-17-15-30)28-18-23-12-8-9-13-24(23)20-32-19-22-10-6-5-7-11-22;/h5-13H,4,14-21H2,1-3H3,(H2,27,28,29);1H. The molecule has 0 radical (unpaired) electrons. The van der Waals surface area contributed by atoms with Crippen LogP contribution >= 0.6 is 24.0 Å². The molecule has 0 aliphatic carbocycles. The van der Waals surface area contributed by atoms with Crippen LogP contribution in [-0.2, 0) is 29.2 Å². The van der Waals surface area contributed by atoms with E-state index in [1.165, 1.54) is 16.7 Å². The molecular weight excluding hydrogens is 527 g/mol. The van der Waals surface area contributed by atoms with E-state index in [2.05, 4.69) is 72.7 Å². The van der Waals surface area contributed by atoms with Crippen molar-refractivity contribution in [3.8, 4) is 0 Å². The third kappa shape index (κ3) is 9.23. The Bertz CT molecular complexity index is 839. The second kappa shape index (κ2) is 14.6. The average Bonchev–Trinajstić information content (AvgIpc) is 2.83. The van der Waals surface area contributed by atoms with Gasteiger partial charge in [-0.3, -0.25) is 4.90 Å². The largest absolute Gasteiger partial charge is 0.379 e. The molecule has 0 atom stereocenters. The molecule has 0 spiro atoms. The summed E-state index contributed by atoms with van der Waals surface area (Å²) in [7, 11) is 0. The molecule has 182 valence electrons. The minimum atomic E-state index is 0. The number of hydrogen-bond acceptors (Lipinski definition) is 4. The Morgan fingerprint density at radius 2 is 1.64 bits per heavy atom. The molecule has 3 rings (SSSR count). The number of hydrogen-bond donors (Lipinski definition) is 2. The number of morpholine rings is 1. The molecule has 0 unspecified atom stereocenters. The van der Waals surface area contributed by atoms with E-state index in [9.17, 15) is 0 Å². The molecule has 1 heterocycles. The Kier molecular flexibility index (Phi) is 12.2. The van der Waals surface area contributed by atoms with Crippen molar-refractivity contribution in [2.45, 2.75) is 46.1 Å². The summed E-state index contributed by atoms with van der Waals surface area (Å²) in [6, 6.07) is 18.6. The lowest BCUT2D eigenvalue weighted by Crippen LogP contribution is -2.56. The molecule has 2 aromatic carbocycles. The van der Waals surface area contributed by atoms with Crippen molar-refractivity contribution in [3.63, 3.8) is 0 Å². The second-order valence-corrected chi connectivity index (χ2v) is 8.71. The van der Waals surface area contributed by atoms with Crippen molar-refractivity contribution in [2.24, 2.45) is 4.99 Å². The monoisotopic (exact) mass is 566 g/mol. The second-order valence-electron chi connectivity index (χ2n) is 8.71. The lowest BCUT2D eigenvalue weighted by Gasteiger charge is -2.41. The van der Waals surface area contributed by atoms with Crippen LogP contribution in [0.15, 0.2) is 59.6 Å². The van der Waals surface area contributed by atoms with E-state index in [1.54, 1.807) is 0 Å². The van der Waals surface area contributed by atoms with Gasteiger partial charge in [-0.15, -0.1) is 24.0 Å². The quantitative estimate of drug-likeness (QED) is 0.257. The Morgan fingerprint density at radius 3 is 2.33 bits per heavy atom. The maximum atomic E-state index is 5.96. The van der Waals surface area contributed by atoms with E-state index in [4.69, 9.17) is 14.5 Å². The van der Waals surface area contributed by atoms with Crippen molar-refractivity contribution in [1.82, 2.24) is 15.5 Å². The van der Waals surface area contributed by atoms with E-state index < -0.39 is 0 Å². The zero-order chi connectivity index (χ0) is 22.7. The van der Waals surface area contributed by atoms with Crippen molar-refractivity contribution >= 4 is 29.9 Å². The Balaban J connectivity index is 0.00000385. The molecule has 2 N–H and O–H groups in total. The van der Waals surface area contributed by atoms with E-state index >= 15 is 0 Å². The van der Waals surface area contributed by atoms with Gasteiger partial charge in [0.15, 0.2) is 5.96 Å². The van der Waals surface area contributed by atoms with Crippen molar-refractivity contribution in [1.29, 1.82) is 0 Å². The Morgan fingerprint density at radius 1 is 0.970 bits per heavy atom. The van der Waals surface area contributed by atoms with Gasteiger partial charge < -0.3 is 20.1 Å². The molecule has 0 amide bonds. The van der Waals surface area contributed by atoms with Crippen LogP contribution in [0.5, 0.6) is 0 Å². The highest BCUT2D eigenvalue weighted by atomic mass is 127. The minimum Gasteiger partial charge on any atom is -0.379 e. The van der Waals surface area contributed by atoms with Crippen LogP contribution < -0.4 is 10.6 Å². The van der Waals surface area contributed by atoms with Crippen LogP contribution in [0.2, 0.25) is 0 Å². The van der Waals surface area contributed by atoms with Gasteiger partial charge in [-0.1, -0.05) is 54.6 Å². The van der Waals surface area contributed by atoms with Gasteiger partial charge in [0.2, 0.25) is 0 Å². The predicted octanol–water partition coefficient (Wildman–Crippen LogP) is 4.19. The van der Waals surface area contributed by atoms with Crippen LogP contribution in [0.1, 0.15) is 37.5 Å². The highest BCUT2D eigenvalue weighted by molar-refractivity contribution is 14.0. The summed E-state index contributed by atoms with van der Waals surface area (Å²) >= 11 is 0. The van der Waals surface area contributed by atoms with Crippen LogP contribution in [0, 0.1) is 0 Å². The average molecular weight is 567 g/mol. The third-order valence-electron chi connectivity index (χ3n) is 5.79. The van der Waals surface area contributed by atoms with Crippen LogP contribution in [0.4, 0.5) is 0 Å². The Hall–Kier alpha value is -1.68. The molecule has 1 aliphatic heterocycles. The van der Waals surface area contributed by atoms with E-state index in [0.717, 1.165) is 45.4 Å². The van der Waals surface area contributed by atoms with Gasteiger partial charge >= 0.3 is 0 Å². The molecule has 7 heteroatoms. The lowest BCUT2D eigenvalue weighted by atomic mass is 10.0. The fourth-order valence-electron chi connectivity index (χ4n) is 3.79. The van der Waals surface area contributed by atoms with Gasteiger partial charge in [0.1, 0.15) is 0 Å². The Labute approximate surface area is 216 Å². The fraction of sp³-hybridized carbons (Fsp3) is 0.500. The van der Waals surface area contributed by atoms with Gasteiger partial charge in [0.05, 0.1) is 33.0 Å². The third-order valence-corrected chi connectivity index (χ3v) is 5.79. The number of ether oxygens (including phenoxy) is 2. The molecule has 2 aromatic rings. The zero-order valence-electron chi connectivity index (χ0n) is 20.2. The summed E-state index contributed by atoms with van der Waals surface area (Å²) in [5, 5.41) is 6.91. The fourth-order valence-corrected chi connectivity index (χ4v) is 3.79. The molecule has 1 aliphatic rings. The summed E-state index contributed by atoms with van der Waals surface area (Å²) in [5.74, 6) is 0.842. The molecule has 0 aromatic heterocycles. The minimum absolute atomic E-state index is 0. The highest BCUT2D eigenvalue weighted by Crippen LogP contribution is 2.16. The maximum absolute atomic E-state index is 5.96. The molecular formula is C26H39IN4O2. The molecule has 6 nitrogen and oxygen atoms in total. The van der Waals surface area contributed by atoms with Crippen molar-refractivity contribution in [3.05, 3.63) is 71.3 Å². The van der Waals surface area contributed by atoms with E-state index in [1.807, 2.05) is 18.2 Å². The number of aliphatic imine (C=N–C) groups is 1. The summed E-state index contributed by atoms with van der Waals surface area (Å²) in [4.78, 5) is 7.33. The predicted molar refractivity (Wildman–Crippen MR) is 146 cm³/mol. The SMILES string of the molecule is CCNC(=NCc1ccccc1COCc1ccccc1)NCC(C)(C)N1CCOCC1.I. The van der Waals surface area contributed by atoms with Gasteiger partial charge in [-0.2, -0.15) is 0 Å². The van der Waals surface area contributed by atoms with Gasteiger partial charge in [0.25, 0.3) is 0 Å². The molecule has 1 saturated heterocycles. The van der Waals surface area contributed by atoms with E-state index in [0.29, 0.717) is 19.8 Å².